The number of nitrogens with one attached hydrogen (secondary N) is 1. The number of sulfonamides is 1. The minimum Gasteiger partial charge on any atom is -0.392 e. The van der Waals surface area contributed by atoms with Crippen molar-refractivity contribution in [1.82, 2.24) is 9.62 Å². The Morgan fingerprint density at radius 3 is 2.43 bits per heavy atom. The molecule has 0 saturated carbocycles. The molecule has 0 radical (unpaired) electrons. The highest BCUT2D eigenvalue weighted by Gasteiger charge is 2.18. The Bertz CT molecular complexity index is 583. The minimum absolute atomic E-state index is 0.167. The Morgan fingerprint density at radius 2 is 1.90 bits per heavy atom. The van der Waals surface area contributed by atoms with E-state index in [-0.39, 0.29) is 11.5 Å². The average Bonchev–Trinajstić information content (AvgIpc) is 2.40. The Labute approximate surface area is 128 Å². The number of nitrogens with zero attached hydrogens (tertiary/aromatic N) is 1. The molecule has 2 N–H and O–H groups in total. The standard InChI is InChI=1S/C15H26N2O3S/c1-11(2)17(5)7-6-16-21(19,20)15-9-14(10-18)8-12(3)13(15)4/h8-9,11,16,18H,6-7,10H2,1-5H3. The SMILES string of the molecule is Cc1cc(CO)cc(S(=O)(=O)NCCN(C)C(C)C)c1C. The maximum Gasteiger partial charge on any atom is 0.240 e. The van der Waals surface area contributed by atoms with Crippen LogP contribution in [0.1, 0.15) is 30.5 Å². The molecule has 6 heteroatoms. The first-order valence-corrected chi connectivity index (χ1v) is 8.58. The van der Waals surface area contributed by atoms with Gasteiger partial charge in [0.2, 0.25) is 10.0 Å². The van der Waals surface area contributed by atoms with Gasteiger partial charge < -0.3 is 10.0 Å². The normalized spacial score (nSPS) is 12.4. The third kappa shape index (κ3) is 4.78. The van der Waals surface area contributed by atoms with Gasteiger partial charge in [-0.05, 0) is 57.5 Å². The maximum absolute atomic E-state index is 12.4. The predicted molar refractivity (Wildman–Crippen MR) is 84.8 cm³/mol. The number of rotatable bonds is 7. The van der Waals surface area contributed by atoms with E-state index in [2.05, 4.69) is 23.5 Å². The third-order valence-electron chi connectivity index (χ3n) is 3.79. The van der Waals surface area contributed by atoms with Gasteiger partial charge in [0.1, 0.15) is 0 Å². The number of benzene rings is 1. The predicted octanol–water partition coefficient (Wildman–Crippen LogP) is 1.41. The van der Waals surface area contributed by atoms with Crippen LogP contribution in [0.3, 0.4) is 0 Å². The Kier molecular flexibility index (Phi) is 6.34. The van der Waals surface area contributed by atoms with E-state index in [0.717, 1.165) is 11.1 Å². The van der Waals surface area contributed by atoms with E-state index in [1.54, 1.807) is 13.0 Å². The molecule has 0 heterocycles. The molecule has 0 unspecified atom stereocenters. The van der Waals surface area contributed by atoms with Crippen LogP contribution >= 0.6 is 0 Å². The van der Waals surface area contributed by atoms with Gasteiger partial charge >= 0.3 is 0 Å². The minimum atomic E-state index is -3.56. The molecule has 0 aliphatic heterocycles. The van der Waals surface area contributed by atoms with Crippen molar-refractivity contribution in [2.24, 2.45) is 0 Å². The van der Waals surface area contributed by atoms with Crippen molar-refractivity contribution in [3.05, 3.63) is 28.8 Å². The summed E-state index contributed by atoms with van der Waals surface area (Å²) in [7, 11) is -1.60. The zero-order chi connectivity index (χ0) is 16.2. The fraction of sp³-hybridized carbons (Fsp3) is 0.600. The van der Waals surface area contributed by atoms with Gasteiger partial charge in [-0.2, -0.15) is 0 Å². The van der Waals surface area contributed by atoms with Crippen LogP contribution in [-0.4, -0.2) is 44.6 Å². The molecule has 0 atom stereocenters. The smallest absolute Gasteiger partial charge is 0.240 e. The lowest BCUT2D eigenvalue weighted by molar-refractivity contribution is 0.278. The molecule has 1 aromatic carbocycles. The summed E-state index contributed by atoms with van der Waals surface area (Å²) in [6, 6.07) is 3.72. The molecule has 0 bridgehead atoms. The van der Waals surface area contributed by atoms with E-state index < -0.39 is 10.0 Å². The van der Waals surface area contributed by atoms with Crippen LogP contribution in [-0.2, 0) is 16.6 Å². The first kappa shape index (κ1) is 18.1. The highest BCUT2D eigenvalue weighted by atomic mass is 32.2. The summed E-state index contributed by atoms with van der Waals surface area (Å²) >= 11 is 0. The zero-order valence-electron chi connectivity index (χ0n) is 13.5. The van der Waals surface area contributed by atoms with E-state index >= 15 is 0 Å². The second-order valence-electron chi connectivity index (χ2n) is 5.67. The fourth-order valence-corrected chi connectivity index (χ4v) is 3.35. The first-order chi connectivity index (χ1) is 9.69. The maximum atomic E-state index is 12.4. The van der Waals surface area contributed by atoms with Gasteiger partial charge in [-0.3, -0.25) is 0 Å². The van der Waals surface area contributed by atoms with Gasteiger partial charge in [0.25, 0.3) is 0 Å². The molecule has 0 fully saturated rings. The van der Waals surface area contributed by atoms with Crippen molar-refractivity contribution in [3.8, 4) is 0 Å². The summed E-state index contributed by atoms with van der Waals surface area (Å²) in [6.45, 7) is 8.60. The number of aliphatic hydroxyl groups excluding tert-OH is 1. The van der Waals surface area contributed by atoms with Gasteiger partial charge in [-0.25, -0.2) is 13.1 Å². The van der Waals surface area contributed by atoms with Gasteiger partial charge in [-0.15, -0.1) is 0 Å². The van der Waals surface area contributed by atoms with E-state index in [1.807, 2.05) is 14.0 Å². The van der Waals surface area contributed by atoms with Crippen LogP contribution in [0.25, 0.3) is 0 Å². The second kappa shape index (κ2) is 7.35. The average molecular weight is 314 g/mol. The molecule has 120 valence electrons. The quantitative estimate of drug-likeness (QED) is 0.798. The lowest BCUT2D eigenvalue weighted by Crippen LogP contribution is -2.36. The van der Waals surface area contributed by atoms with Crippen LogP contribution in [0, 0.1) is 13.8 Å². The van der Waals surface area contributed by atoms with Crippen LogP contribution in [0.4, 0.5) is 0 Å². The van der Waals surface area contributed by atoms with E-state index in [1.165, 1.54) is 6.07 Å². The molecule has 0 spiro atoms. The second-order valence-corrected chi connectivity index (χ2v) is 7.40. The zero-order valence-corrected chi connectivity index (χ0v) is 14.3. The van der Waals surface area contributed by atoms with E-state index in [0.29, 0.717) is 24.7 Å². The van der Waals surface area contributed by atoms with Crippen molar-refractivity contribution < 1.29 is 13.5 Å². The number of likely N-dealkylation sites (N-methyl/N-ethyl adjacent to an activating group) is 1. The van der Waals surface area contributed by atoms with Gasteiger partial charge in [0, 0.05) is 19.1 Å². The van der Waals surface area contributed by atoms with Crippen molar-refractivity contribution in [3.63, 3.8) is 0 Å². The molecule has 5 nitrogen and oxygen atoms in total. The monoisotopic (exact) mass is 314 g/mol. The molecule has 1 rings (SSSR count). The van der Waals surface area contributed by atoms with Crippen LogP contribution in [0.2, 0.25) is 0 Å². The van der Waals surface area contributed by atoms with Crippen molar-refractivity contribution in [1.29, 1.82) is 0 Å². The topological polar surface area (TPSA) is 69.6 Å². The summed E-state index contributed by atoms with van der Waals surface area (Å²) in [5.41, 5.74) is 2.19. The molecule has 0 aromatic heterocycles. The summed E-state index contributed by atoms with van der Waals surface area (Å²) < 4.78 is 27.5. The molecule has 0 aliphatic carbocycles. The van der Waals surface area contributed by atoms with Crippen molar-refractivity contribution >= 4 is 10.0 Å². The lowest BCUT2D eigenvalue weighted by Gasteiger charge is -2.21. The molecule has 21 heavy (non-hydrogen) atoms. The van der Waals surface area contributed by atoms with Crippen molar-refractivity contribution in [2.75, 3.05) is 20.1 Å². The largest absolute Gasteiger partial charge is 0.392 e. The Morgan fingerprint density at radius 1 is 1.29 bits per heavy atom. The molecule has 0 aliphatic rings. The molecule has 1 aromatic rings. The third-order valence-corrected chi connectivity index (χ3v) is 5.38. The van der Waals surface area contributed by atoms with Gasteiger partial charge in [0.15, 0.2) is 0 Å². The summed E-state index contributed by atoms with van der Waals surface area (Å²) in [5.74, 6) is 0. The van der Waals surface area contributed by atoms with Crippen molar-refractivity contribution in [2.45, 2.75) is 45.2 Å². The van der Waals surface area contributed by atoms with E-state index in [9.17, 15) is 13.5 Å². The van der Waals surface area contributed by atoms with Crippen LogP contribution in [0.15, 0.2) is 17.0 Å². The fourth-order valence-electron chi connectivity index (χ4n) is 1.96. The van der Waals surface area contributed by atoms with Crippen LogP contribution < -0.4 is 4.72 Å². The molecular weight excluding hydrogens is 288 g/mol. The molecule has 0 amide bonds. The summed E-state index contributed by atoms with van der Waals surface area (Å²) in [5, 5.41) is 9.23. The van der Waals surface area contributed by atoms with E-state index in [4.69, 9.17) is 0 Å². The Balaban J connectivity index is 2.91. The molecular formula is C15H26N2O3S. The first-order valence-electron chi connectivity index (χ1n) is 7.10. The highest BCUT2D eigenvalue weighted by Crippen LogP contribution is 2.21. The summed E-state index contributed by atoms with van der Waals surface area (Å²) in [6.07, 6.45) is 0. The number of hydrogen-bond donors (Lipinski definition) is 2. The summed E-state index contributed by atoms with van der Waals surface area (Å²) in [4.78, 5) is 2.32. The molecule has 0 saturated heterocycles. The number of hydrogen-bond acceptors (Lipinski definition) is 4. The van der Waals surface area contributed by atoms with Gasteiger partial charge in [0.05, 0.1) is 11.5 Å². The Hall–Kier alpha value is -0.950. The van der Waals surface area contributed by atoms with Crippen LogP contribution in [0.5, 0.6) is 0 Å². The van der Waals surface area contributed by atoms with Gasteiger partial charge in [-0.1, -0.05) is 6.07 Å². The lowest BCUT2D eigenvalue weighted by atomic mass is 10.1. The highest BCUT2D eigenvalue weighted by molar-refractivity contribution is 7.89. The number of aryl methyl sites for hydroxylation is 1. The number of aliphatic hydroxyl groups is 1.